The van der Waals surface area contributed by atoms with E-state index in [2.05, 4.69) is 229 Å². The van der Waals surface area contributed by atoms with Gasteiger partial charge in [0, 0.05) is 34.1 Å². The maximum Gasteiger partial charge on any atom is 0.119 e. The van der Waals surface area contributed by atoms with Crippen LogP contribution < -0.4 is 14.5 Å². The molecule has 55 heavy (non-hydrogen) atoms. The van der Waals surface area contributed by atoms with E-state index in [4.69, 9.17) is 4.74 Å². The number of benzene rings is 8. The van der Waals surface area contributed by atoms with E-state index in [9.17, 15) is 0 Å². The molecule has 0 heterocycles. The molecule has 0 radical (unpaired) electrons. The van der Waals surface area contributed by atoms with Crippen LogP contribution in [0.25, 0.3) is 33.4 Å². The van der Waals surface area contributed by atoms with Crippen molar-refractivity contribution in [2.24, 2.45) is 0 Å². The van der Waals surface area contributed by atoms with Crippen LogP contribution in [0.2, 0.25) is 0 Å². The molecule has 8 aromatic rings. The molecule has 0 saturated heterocycles. The van der Waals surface area contributed by atoms with Gasteiger partial charge in [0.05, 0.1) is 6.61 Å². The Morgan fingerprint density at radius 3 is 0.909 bits per heavy atom. The summed E-state index contributed by atoms with van der Waals surface area (Å²) in [5, 5.41) is 0. The normalized spacial score (nSPS) is 10.9. The second-order valence-corrected chi connectivity index (χ2v) is 13.6. The monoisotopic (exact) mass is 712 g/mol. The highest BCUT2D eigenvalue weighted by Crippen LogP contribution is 2.39. The average molecular weight is 713 g/mol. The van der Waals surface area contributed by atoms with Gasteiger partial charge in [-0.25, -0.2) is 0 Å². The Labute approximate surface area is 325 Å². The second kappa shape index (κ2) is 16.9. The van der Waals surface area contributed by atoms with Crippen LogP contribution >= 0.6 is 0 Å². The van der Waals surface area contributed by atoms with Crippen LogP contribution in [0.3, 0.4) is 0 Å². The van der Waals surface area contributed by atoms with Crippen molar-refractivity contribution >= 4 is 34.1 Å². The largest absolute Gasteiger partial charge is 0.494 e. The lowest BCUT2D eigenvalue weighted by Crippen LogP contribution is -2.10. The van der Waals surface area contributed by atoms with Crippen molar-refractivity contribution in [2.45, 2.75) is 19.8 Å². The number of hydrogen-bond donors (Lipinski definition) is 0. The van der Waals surface area contributed by atoms with Gasteiger partial charge in [-0.1, -0.05) is 141 Å². The first-order chi connectivity index (χ1) is 27.2. The van der Waals surface area contributed by atoms with Crippen LogP contribution in [-0.4, -0.2) is 6.61 Å². The summed E-state index contributed by atoms with van der Waals surface area (Å²) in [5.74, 6) is 0.899. The molecular weight excluding hydrogens is 669 g/mol. The summed E-state index contributed by atoms with van der Waals surface area (Å²) in [6.07, 6.45) is 2.17. The zero-order chi connectivity index (χ0) is 37.2. The van der Waals surface area contributed by atoms with Crippen LogP contribution in [0.5, 0.6) is 5.75 Å². The minimum Gasteiger partial charge on any atom is -0.494 e. The molecule has 0 aliphatic carbocycles. The summed E-state index contributed by atoms with van der Waals surface area (Å²) in [7, 11) is 0. The van der Waals surface area contributed by atoms with Gasteiger partial charge in [0.25, 0.3) is 0 Å². The van der Waals surface area contributed by atoms with Crippen molar-refractivity contribution in [3.63, 3.8) is 0 Å². The average Bonchev–Trinajstić information content (AvgIpc) is 3.26. The molecular formula is C52H44N2O. The van der Waals surface area contributed by atoms with Crippen molar-refractivity contribution in [1.29, 1.82) is 0 Å². The molecule has 0 spiro atoms. The van der Waals surface area contributed by atoms with E-state index in [1.54, 1.807) is 0 Å². The molecule has 268 valence electrons. The van der Waals surface area contributed by atoms with Crippen LogP contribution in [0.1, 0.15) is 19.8 Å². The van der Waals surface area contributed by atoms with Crippen molar-refractivity contribution in [1.82, 2.24) is 0 Å². The van der Waals surface area contributed by atoms with E-state index in [-0.39, 0.29) is 0 Å². The second-order valence-electron chi connectivity index (χ2n) is 13.6. The van der Waals surface area contributed by atoms with E-state index in [1.807, 2.05) is 0 Å². The third-order valence-electron chi connectivity index (χ3n) is 9.93. The molecule has 0 aliphatic rings. The molecule has 0 fully saturated rings. The van der Waals surface area contributed by atoms with E-state index in [0.29, 0.717) is 0 Å². The highest BCUT2D eigenvalue weighted by Gasteiger charge is 2.15. The zero-order valence-corrected chi connectivity index (χ0v) is 31.1. The number of nitrogens with zero attached hydrogens (tertiary/aromatic N) is 2. The lowest BCUT2D eigenvalue weighted by atomic mass is 10.0. The fourth-order valence-electron chi connectivity index (χ4n) is 6.97. The van der Waals surface area contributed by atoms with Crippen LogP contribution in [0.4, 0.5) is 34.1 Å². The van der Waals surface area contributed by atoms with E-state index < -0.39 is 0 Å². The Balaban J connectivity index is 1.08. The molecule has 0 atom stereocenters. The van der Waals surface area contributed by atoms with Crippen LogP contribution in [-0.2, 0) is 0 Å². The molecule has 8 aromatic carbocycles. The highest BCUT2D eigenvalue weighted by molar-refractivity contribution is 5.82. The smallest absolute Gasteiger partial charge is 0.119 e. The summed E-state index contributed by atoms with van der Waals surface area (Å²) in [5.41, 5.74) is 13.7. The van der Waals surface area contributed by atoms with Crippen molar-refractivity contribution in [3.8, 4) is 39.1 Å². The first-order valence-corrected chi connectivity index (χ1v) is 19.1. The maximum absolute atomic E-state index is 5.95. The molecule has 0 unspecified atom stereocenters. The number of ether oxygens (including phenoxy) is 1. The molecule has 3 nitrogen and oxygen atoms in total. The molecule has 0 aliphatic heterocycles. The van der Waals surface area contributed by atoms with E-state index >= 15 is 0 Å². The Kier molecular flexibility index (Phi) is 10.8. The maximum atomic E-state index is 5.95. The Hall–Kier alpha value is -6.84. The molecule has 8 rings (SSSR count). The molecule has 0 bridgehead atoms. The SMILES string of the molecule is CCCCOc1ccc(N(c2ccccc2)c2ccc(-c3ccc(N(c4ccc(-c5ccccc5)cc4)c4ccc(-c5ccccc5)cc4)cc3)cc2)cc1. The fraction of sp³-hybridized carbons (Fsp3) is 0.0769. The van der Waals surface area contributed by atoms with Gasteiger partial charge >= 0.3 is 0 Å². The third-order valence-corrected chi connectivity index (χ3v) is 9.93. The summed E-state index contributed by atoms with van der Waals surface area (Å²) in [6.45, 7) is 2.92. The van der Waals surface area contributed by atoms with Gasteiger partial charge in [0.2, 0.25) is 0 Å². The van der Waals surface area contributed by atoms with Crippen molar-refractivity contribution < 1.29 is 4.74 Å². The lowest BCUT2D eigenvalue weighted by molar-refractivity contribution is 0.309. The van der Waals surface area contributed by atoms with Gasteiger partial charge in [-0.2, -0.15) is 0 Å². The van der Waals surface area contributed by atoms with Gasteiger partial charge in [-0.05, 0) is 125 Å². The summed E-state index contributed by atoms with van der Waals surface area (Å²) < 4.78 is 5.95. The minimum atomic E-state index is 0.739. The minimum absolute atomic E-state index is 0.739. The van der Waals surface area contributed by atoms with Crippen molar-refractivity contribution in [3.05, 3.63) is 212 Å². The number of hydrogen-bond acceptors (Lipinski definition) is 3. The van der Waals surface area contributed by atoms with E-state index in [0.717, 1.165) is 70.4 Å². The predicted octanol–water partition coefficient (Wildman–Crippen LogP) is 14.8. The Morgan fingerprint density at radius 1 is 0.309 bits per heavy atom. The molecule has 0 N–H and O–H groups in total. The van der Waals surface area contributed by atoms with Gasteiger partial charge < -0.3 is 14.5 Å². The fourth-order valence-corrected chi connectivity index (χ4v) is 6.97. The van der Waals surface area contributed by atoms with Gasteiger partial charge in [0.15, 0.2) is 0 Å². The Morgan fingerprint density at radius 2 is 0.582 bits per heavy atom. The molecule has 0 saturated carbocycles. The summed E-state index contributed by atoms with van der Waals surface area (Å²) >= 11 is 0. The van der Waals surface area contributed by atoms with Crippen molar-refractivity contribution in [2.75, 3.05) is 16.4 Å². The number of para-hydroxylation sites is 1. The first-order valence-electron chi connectivity index (χ1n) is 19.1. The Bertz CT molecular complexity index is 2290. The third kappa shape index (κ3) is 8.22. The molecule has 0 aromatic heterocycles. The molecule has 0 amide bonds. The topological polar surface area (TPSA) is 15.7 Å². The quantitative estimate of drug-likeness (QED) is 0.111. The van der Waals surface area contributed by atoms with Crippen LogP contribution in [0.15, 0.2) is 212 Å². The van der Waals surface area contributed by atoms with Gasteiger partial charge in [0.1, 0.15) is 5.75 Å². The summed E-state index contributed by atoms with van der Waals surface area (Å²) in [6, 6.07) is 75.4. The van der Waals surface area contributed by atoms with E-state index in [1.165, 1.54) is 22.3 Å². The number of unbranched alkanes of at least 4 members (excludes halogenated alkanes) is 1. The van der Waals surface area contributed by atoms with Gasteiger partial charge in [-0.3, -0.25) is 0 Å². The van der Waals surface area contributed by atoms with Gasteiger partial charge in [-0.15, -0.1) is 0 Å². The number of rotatable bonds is 13. The zero-order valence-electron chi connectivity index (χ0n) is 31.1. The molecule has 3 heteroatoms. The standard InChI is InChI=1S/C52H44N2O/c1-2-3-39-55-52-37-35-51(36-38-52)53(46-17-11-6-12-18-46)47-31-23-44(24-32-47)45-25-33-50(34-26-45)54(48-27-19-42(20-28-48)40-13-7-4-8-14-40)49-29-21-43(22-30-49)41-15-9-5-10-16-41/h4-38H,2-3,39H2,1H3. The van der Waals surface area contributed by atoms with Crippen LogP contribution in [0, 0.1) is 0 Å². The summed E-state index contributed by atoms with van der Waals surface area (Å²) in [4.78, 5) is 4.61. The number of anilines is 6. The first kappa shape index (κ1) is 35.2. The predicted molar refractivity (Wildman–Crippen MR) is 233 cm³/mol. The highest BCUT2D eigenvalue weighted by atomic mass is 16.5. The lowest BCUT2D eigenvalue weighted by Gasteiger charge is -2.26.